The number of rotatable bonds is 7. The Morgan fingerprint density at radius 3 is 2.63 bits per heavy atom. The van der Waals surface area contributed by atoms with Gasteiger partial charge in [-0.15, -0.1) is 0 Å². The summed E-state index contributed by atoms with van der Waals surface area (Å²) in [6.45, 7) is 2.07. The number of carbonyl (C=O) groups excluding carboxylic acids is 1. The molecule has 0 radical (unpaired) electrons. The summed E-state index contributed by atoms with van der Waals surface area (Å²) in [7, 11) is 0. The van der Waals surface area contributed by atoms with Gasteiger partial charge in [-0.1, -0.05) is 32.3 Å². The van der Waals surface area contributed by atoms with Crippen LogP contribution >= 0.6 is 0 Å². The van der Waals surface area contributed by atoms with Crippen molar-refractivity contribution in [2.75, 3.05) is 5.32 Å². The lowest BCUT2D eigenvalue weighted by Crippen LogP contribution is -2.15. The van der Waals surface area contributed by atoms with E-state index in [0.717, 1.165) is 31.7 Å². The van der Waals surface area contributed by atoms with E-state index in [1.165, 1.54) is 12.1 Å². The molecule has 0 heterocycles. The van der Waals surface area contributed by atoms with Gasteiger partial charge in [0, 0.05) is 6.42 Å². The summed E-state index contributed by atoms with van der Waals surface area (Å²) in [6, 6.07) is 3.69. The normalized spacial score (nSPS) is 10.2. The Labute approximate surface area is 111 Å². The number of para-hydroxylation sites is 1. The van der Waals surface area contributed by atoms with Gasteiger partial charge in [-0.05, 0) is 18.6 Å². The van der Waals surface area contributed by atoms with Gasteiger partial charge in [0.25, 0.3) is 0 Å². The predicted molar refractivity (Wildman–Crippen MR) is 70.7 cm³/mol. The molecule has 5 heteroatoms. The number of hydrogen-bond donors (Lipinski definition) is 2. The lowest BCUT2D eigenvalue weighted by atomic mass is 10.1. The number of aromatic carboxylic acids is 1. The first-order valence-electron chi connectivity index (χ1n) is 6.38. The van der Waals surface area contributed by atoms with Gasteiger partial charge in [-0.25, -0.2) is 9.18 Å². The summed E-state index contributed by atoms with van der Waals surface area (Å²) in [6.07, 6.45) is 4.04. The van der Waals surface area contributed by atoms with Crippen LogP contribution < -0.4 is 5.32 Å². The lowest BCUT2D eigenvalue weighted by molar-refractivity contribution is -0.116. The van der Waals surface area contributed by atoms with E-state index in [9.17, 15) is 14.0 Å². The molecule has 0 aliphatic rings. The van der Waals surface area contributed by atoms with Crippen molar-refractivity contribution in [3.05, 3.63) is 29.6 Å². The van der Waals surface area contributed by atoms with Gasteiger partial charge in [-0.3, -0.25) is 4.79 Å². The largest absolute Gasteiger partial charge is 0.478 e. The molecule has 4 nitrogen and oxygen atoms in total. The molecule has 0 aliphatic heterocycles. The van der Waals surface area contributed by atoms with E-state index in [1.807, 2.05) is 0 Å². The Hall–Kier alpha value is -1.91. The molecular weight excluding hydrogens is 249 g/mol. The fourth-order valence-electron chi connectivity index (χ4n) is 1.74. The third kappa shape index (κ3) is 4.69. The van der Waals surface area contributed by atoms with Crippen LogP contribution in [0.3, 0.4) is 0 Å². The fourth-order valence-corrected chi connectivity index (χ4v) is 1.74. The van der Waals surface area contributed by atoms with Crippen molar-refractivity contribution in [1.82, 2.24) is 0 Å². The minimum absolute atomic E-state index is 0.234. The smallest absolute Gasteiger partial charge is 0.337 e. The van der Waals surface area contributed by atoms with Crippen molar-refractivity contribution < 1.29 is 19.1 Å². The first-order chi connectivity index (χ1) is 9.06. The second-order valence-corrected chi connectivity index (χ2v) is 4.33. The lowest BCUT2D eigenvalue weighted by Gasteiger charge is -2.09. The Kier molecular flexibility index (Phi) is 5.99. The van der Waals surface area contributed by atoms with E-state index in [4.69, 9.17) is 5.11 Å². The van der Waals surface area contributed by atoms with Crippen molar-refractivity contribution in [3.63, 3.8) is 0 Å². The number of nitrogens with one attached hydrogen (secondary N) is 1. The highest BCUT2D eigenvalue weighted by Gasteiger charge is 2.16. The van der Waals surface area contributed by atoms with Crippen LogP contribution in [0.1, 0.15) is 49.4 Å². The molecule has 1 amide bonds. The van der Waals surface area contributed by atoms with Crippen LogP contribution in [-0.4, -0.2) is 17.0 Å². The second kappa shape index (κ2) is 7.51. The summed E-state index contributed by atoms with van der Waals surface area (Å²) < 4.78 is 13.5. The number of halogens is 1. The van der Waals surface area contributed by atoms with Gasteiger partial charge in [-0.2, -0.15) is 0 Å². The van der Waals surface area contributed by atoms with Crippen LogP contribution in [0.5, 0.6) is 0 Å². The monoisotopic (exact) mass is 267 g/mol. The molecule has 1 aromatic rings. The molecular formula is C14H18FNO3. The van der Waals surface area contributed by atoms with Gasteiger partial charge >= 0.3 is 5.97 Å². The minimum atomic E-state index is -1.26. The number of unbranched alkanes of at least 4 members (excludes halogenated alkanes) is 3. The Balaban J connectivity index is 2.66. The summed E-state index contributed by atoms with van der Waals surface area (Å²) in [5.74, 6) is -2.36. The molecule has 0 aromatic heterocycles. The maximum atomic E-state index is 13.5. The highest BCUT2D eigenvalue weighted by atomic mass is 19.1. The molecule has 19 heavy (non-hydrogen) atoms. The quantitative estimate of drug-likeness (QED) is 0.744. The highest BCUT2D eigenvalue weighted by molar-refractivity contribution is 6.00. The average molecular weight is 267 g/mol. The molecule has 0 saturated heterocycles. The van der Waals surface area contributed by atoms with Crippen LogP contribution in [0.25, 0.3) is 0 Å². The van der Waals surface area contributed by atoms with E-state index in [1.54, 1.807) is 0 Å². The second-order valence-electron chi connectivity index (χ2n) is 4.33. The first-order valence-corrected chi connectivity index (χ1v) is 6.38. The zero-order valence-electron chi connectivity index (χ0n) is 10.9. The van der Waals surface area contributed by atoms with Crippen molar-refractivity contribution in [2.24, 2.45) is 0 Å². The fraction of sp³-hybridized carbons (Fsp3) is 0.429. The van der Waals surface area contributed by atoms with E-state index < -0.39 is 11.8 Å². The number of carboxylic acid groups (broad SMARTS) is 1. The van der Waals surface area contributed by atoms with Crippen molar-refractivity contribution in [1.29, 1.82) is 0 Å². The Morgan fingerprint density at radius 2 is 2.00 bits per heavy atom. The number of amides is 1. The first kappa shape index (κ1) is 15.1. The maximum absolute atomic E-state index is 13.5. The number of hydrogen-bond acceptors (Lipinski definition) is 2. The summed E-state index contributed by atoms with van der Waals surface area (Å²) in [5.41, 5.74) is -0.489. The average Bonchev–Trinajstić information content (AvgIpc) is 2.37. The van der Waals surface area contributed by atoms with Gasteiger partial charge in [0.15, 0.2) is 0 Å². The molecule has 0 spiro atoms. The topological polar surface area (TPSA) is 66.4 Å². The molecule has 0 atom stereocenters. The van der Waals surface area contributed by atoms with E-state index in [-0.39, 0.29) is 23.6 Å². The van der Waals surface area contributed by atoms with Crippen molar-refractivity contribution in [3.8, 4) is 0 Å². The highest BCUT2D eigenvalue weighted by Crippen LogP contribution is 2.20. The van der Waals surface area contributed by atoms with Gasteiger partial charge in [0.05, 0.1) is 11.3 Å². The van der Waals surface area contributed by atoms with Crippen LogP contribution in [0.2, 0.25) is 0 Å². The van der Waals surface area contributed by atoms with Crippen LogP contribution in [-0.2, 0) is 4.79 Å². The van der Waals surface area contributed by atoms with Crippen LogP contribution in [0.4, 0.5) is 10.1 Å². The number of carbonyl (C=O) groups is 2. The number of anilines is 1. The SMILES string of the molecule is CCCCCCC(=O)Nc1c(F)cccc1C(=O)O. The molecule has 0 bridgehead atoms. The predicted octanol–water partition coefficient (Wildman–Crippen LogP) is 3.43. The molecule has 104 valence electrons. The number of benzene rings is 1. The van der Waals surface area contributed by atoms with E-state index in [0.29, 0.717) is 0 Å². The van der Waals surface area contributed by atoms with E-state index >= 15 is 0 Å². The van der Waals surface area contributed by atoms with Crippen LogP contribution in [0, 0.1) is 5.82 Å². The standard InChI is InChI=1S/C14H18FNO3/c1-2-3-4-5-9-12(17)16-13-10(14(18)19)7-6-8-11(13)15/h6-8H,2-5,9H2,1H3,(H,16,17)(H,18,19). The molecule has 0 saturated carbocycles. The Bertz CT molecular complexity index is 460. The molecule has 0 aliphatic carbocycles. The van der Waals surface area contributed by atoms with Gasteiger partial charge in [0.2, 0.25) is 5.91 Å². The van der Waals surface area contributed by atoms with E-state index in [2.05, 4.69) is 12.2 Å². The molecule has 0 unspecified atom stereocenters. The minimum Gasteiger partial charge on any atom is -0.478 e. The Morgan fingerprint density at radius 1 is 1.26 bits per heavy atom. The zero-order chi connectivity index (χ0) is 14.3. The van der Waals surface area contributed by atoms with Gasteiger partial charge in [0.1, 0.15) is 5.82 Å². The third-order valence-corrected chi connectivity index (χ3v) is 2.77. The van der Waals surface area contributed by atoms with Crippen molar-refractivity contribution in [2.45, 2.75) is 39.0 Å². The van der Waals surface area contributed by atoms with Crippen molar-refractivity contribution >= 4 is 17.6 Å². The molecule has 1 rings (SSSR count). The zero-order valence-corrected chi connectivity index (χ0v) is 10.9. The molecule has 1 aromatic carbocycles. The summed E-state index contributed by atoms with van der Waals surface area (Å²) in [4.78, 5) is 22.6. The molecule has 2 N–H and O–H groups in total. The third-order valence-electron chi connectivity index (χ3n) is 2.77. The van der Waals surface area contributed by atoms with Crippen LogP contribution in [0.15, 0.2) is 18.2 Å². The number of carboxylic acids is 1. The summed E-state index contributed by atoms with van der Waals surface area (Å²) in [5, 5.41) is 11.3. The molecule has 0 fully saturated rings. The van der Waals surface area contributed by atoms with Gasteiger partial charge < -0.3 is 10.4 Å². The maximum Gasteiger partial charge on any atom is 0.337 e. The summed E-state index contributed by atoms with van der Waals surface area (Å²) >= 11 is 0.